The van der Waals surface area contributed by atoms with Gasteiger partial charge in [-0.05, 0) is 13.3 Å². The summed E-state index contributed by atoms with van der Waals surface area (Å²) in [6.45, 7) is 5.88. The molecule has 2 nitrogen and oxygen atoms in total. The lowest BCUT2D eigenvalue weighted by molar-refractivity contribution is 0.148. The molecule has 0 unspecified atom stereocenters. The molecule has 0 N–H and O–H groups in total. The van der Waals surface area contributed by atoms with Gasteiger partial charge in [-0.15, -0.1) is 0 Å². The van der Waals surface area contributed by atoms with E-state index in [0.29, 0.717) is 0 Å². The van der Waals surface area contributed by atoms with Crippen LogP contribution in [0, 0.1) is 0 Å². The van der Waals surface area contributed by atoms with Crippen molar-refractivity contribution in [2.45, 2.75) is 20.3 Å². The van der Waals surface area contributed by atoms with Crippen LogP contribution in [0.1, 0.15) is 20.3 Å². The number of methoxy groups -OCH3 is 1. The predicted octanol–water partition coefficient (Wildman–Crippen LogP) is 1.70. The minimum Gasteiger partial charge on any atom is -0.388 e. The summed E-state index contributed by atoms with van der Waals surface area (Å²) in [6, 6.07) is 0. The fourth-order valence-corrected chi connectivity index (χ4v) is 0.289. The molecule has 0 radical (unpaired) electrons. The molecule has 0 aromatic carbocycles. The van der Waals surface area contributed by atoms with Gasteiger partial charge in [-0.25, -0.2) is 0 Å². The molecule has 0 aliphatic carbocycles. The monoisotopic (exact) mass is 134 g/mol. The summed E-state index contributed by atoms with van der Waals surface area (Å²) < 4.78 is 9.23. The number of rotatable bonds is 3. The molecule has 0 aliphatic heterocycles. The lowest BCUT2D eigenvalue weighted by atomic mass is 10.5. The van der Waals surface area contributed by atoms with Crippen LogP contribution in [-0.2, 0) is 9.47 Å². The quantitative estimate of drug-likeness (QED) is 0.547. The Kier molecular flexibility index (Phi) is 20.3. The Morgan fingerprint density at radius 2 is 1.56 bits per heavy atom. The van der Waals surface area contributed by atoms with Crippen LogP contribution in [0.4, 0.5) is 0 Å². The van der Waals surface area contributed by atoms with Crippen molar-refractivity contribution < 1.29 is 9.47 Å². The highest BCUT2D eigenvalue weighted by Crippen LogP contribution is 1.75. The van der Waals surface area contributed by atoms with Gasteiger partial charge in [-0.1, -0.05) is 6.92 Å². The fourth-order valence-electron chi connectivity index (χ4n) is 0.289. The molecule has 0 atom stereocenters. The molecule has 0 saturated heterocycles. The summed E-state index contributed by atoms with van der Waals surface area (Å²) >= 11 is 0. The Balaban J connectivity index is 0. The van der Waals surface area contributed by atoms with Gasteiger partial charge in [-0.2, -0.15) is 0 Å². The summed E-state index contributed by atoms with van der Waals surface area (Å²) in [5, 5.41) is 0. The van der Waals surface area contributed by atoms with Gasteiger partial charge in [0.1, 0.15) is 0 Å². The van der Waals surface area contributed by atoms with Crippen molar-refractivity contribution in [2.24, 2.45) is 0 Å². The zero-order valence-corrected chi connectivity index (χ0v) is 6.94. The molecule has 0 aromatic rings. The highest BCUT2D eigenvalue weighted by molar-refractivity contribution is 4.19. The maximum atomic E-state index is 4.98. The van der Waals surface area contributed by atoms with E-state index in [4.69, 9.17) is 4.74 Å². The average Bonchev–Trinajstić information content (AvgIpc) is 1.86. The van der Waals surface area contributed by atoms with E-state index < -0.39 is 0 Å². The summed E-state index contributed by atoms with van der Waals surface area (Å²) in [5.74, 6) is 0. The minimum atomic E-state index is 0.855. The molecule has 58 valence electrons. The molecule has 2 heteroatoms. The summed E-state index contributed by atoms with van der Waals surface area (Å²) in [6.07, 6.45) is 1.13. The molecule has 9 heavy (non-hydrogen) atoms. The van der Waals surface area contributed by atoms with Gasteiger partial charge in [0.15, 0.2) is 0 Å². The Morgan fingerprint density at radius 3 is 1.67 bits per heavy atom. The third kappa shape index (κ3) is 32.6. The van der Waals surface area contributed by atoms with Crippen molar-refractivity contribution in [2.75, 3.05) is 27.4 Å². The van der Waals surface area contributed by atoms with Gasteiger partial charge in [0, 0.05) is 27.4 Å². The second-order valence-electron chi connectivity index (χ2n) is 1.61. The van der Waals surface area contributed by atoms with Crippen LogP contribution in [0.2, 0.25) is 0 Å². The van der Waals surface area contributed by atoms with Crippen LogP contribution in [0.5, 0.6) is 0 Å². The molecule has 0 amide bonds. The first kappa shape index (κ1) is 11.7. The first-order chi connectivity index (χ1) is 4.33. The molecular formula is C7H18O2. The fraction of sp³-hybridized carbons (Fsp3) is 1.00. The minimum absolute atomic E-state index is 0.855. The van der Waals surface area contributed by atoms with Gasteiger partial charge in [-0.3, -0.25) is 0 Å². The second kappa shape index (κ2) is 15.7. The van der Waals surface area contributed by atoms with E-state index in [1.807, 2.05) is 6.92 Å². The average molecular weight is 134 g/mol. The van der Waals surface area contributed by atoms with Gasteiger partial charge < -0.3 is 9.47 Å². The lowest BCUT2D eigenvalue weighted by Gasteiger charge is -1.91. The first-order valence-electron chi connectivity index (χ1n) is 3.31. The number of ether oxygens (including phenoxy) is 2. The molecule has 0 fully saturated rings. The van der Waals surface area contributed by atoms with Crippen LogP contribution in [0.25, 0.3) is 0 Å². The van der Waals surface area contributed by atoms with Crippen molar-refractivity contribution in [1.82, 2.24) is 0 Å². The molecular weight excluding hydrogens is 116 g/mol. The third-order valence-corrected chi connectivity index (χ3v) is 0.553. The van der Waals surface area contributed by atoms with E-state index in [9.17, 15) is 0 Å². The Morgan fingerprint density at radius 1 is 1.11 bits per heavy atom. The van der Waals surface area contributed by atoms with Crippen molar-refractivity contribution in [3.63, 3.8) is 0 Å². The zero-order chi connectivity index (χ0) is 7.54. The predicted molar refractivity (Wildman–Crippen MR) is 39.7 cm³/mol. The number of hydrogen-bond donors (Lipinski definition) is 0. The molecule has 0 spiro atoms. The van der Waals surface area contributed by atoms with Gasteiger partial charge >= 0.3 is 0 Å². The van der Waals surface area contributed by atoms with Crippen molar-refractivity contribution in [1.29, 1.82) is 0 Å². The van der Waals surface area contributed by atoms with Gasteiger partial charge in [0.25, 0.3) is 0 Å². The summed E-state index contributed by atoms with van der Waals surface area (Å²) in [7, 11) is 3.25. The van der Waals surface area contributed by atoms with E-state index in [2.05, 4.69) is 11.7 Å². The van der Waals surface area contributed by atoms with Crippen LogP contribution in [0.3, 0.4) is 0 Å². The van der Waals surface area contributed by atoms with Gasteiger partial charge in [0.2, 0.25) is 0 Å². The van der Waals surface area contributed by atoms with Crippen LogP contribution in [-0.4, -0.2) is 27.4 Å². The van der Waals surface area contributed by atoms with E-state index in [0.717, 1.165) is 19.6 Å². The van der Waals surface area contributed by atoms with Crippen molar-refractivity contribution in [3.05, 3.63) is 0 Å². The Hall–Kier alpha value is -0.0800. The van der Waals surface area contributed by atoms with Crippen LogP contribution >= 0.6 is 0 Å². The molecule has 0 heterocycles. The molecule has 0 bridgehead atoms. The second-order valence-corrected chi connectivity index (χ2v) is 1.61. The van der Waals surface area contributed by atoms with Crippen molar-refractivity contribution in [3.8, 4) is 0 Å². The van der Waals surface area contributed by atoms with Crippen molar-refractivity contribution >= 4 is 0 Å². The standard InChI is InChI=1S/C5H12O.C2H6O/c1-3-5-6-4-2;1-3-2/h3-5H2,1-2H3;1-2H3. The Bertz CT molecular complexity index is 26.1. The maximum absolute atomic E-state index is 4.98. The lowest BCUT2D eigenvalue weighted by Crippen LogP contribution is -1.88. The van der Waals surface area contributed by atoms with Crippen LogP contribution < -0.4 is 0 Å². The van der Waals surface area contributed by atoms with E-state index in [1.54, 1.807) is 14.2 Å². The zero-order valence-electron chi connectivity index (χ0n) is 6.94. The van der Waals surface area contributed by atoms with E-state index >= 15 is 0 Å². The van der Waals surface area contributed by atoms with E-state index in [-0.39, 0.29) is 0 Å². The van der Waals surface area contributed by atoms with Crippen LogP contribution in [0.15, 0.2) is 0 Å². The molecule has 0 aromatic heterocycles. The summed E-state index contributed by atoms with van der Waals surface area (Å²) in [5.41, 5.74) is 0. The SMILES string of the molecule is CCCOCC.COC. The maximum Gasteiger partial charge on any atom is 0.0463 e. The highest BCUT2D eigenvalue weighted by Gasteiger charge is 1.72. The highest BCUT2D eigenvalue weighted by atomic mass is 16.5. The molecule has 0 aliphatic rings. The molecule has 0 saturated carbocycles. The largest absolute Gasteiger partial charge is 0.388 e. The normalized spacial score (nSPS) is 8.00. The van der Waals surface area contributed by atoms with Gasteiger partial charge in [0.05, 0.1) is 0 Å². The third-order valence-electron chi connectivity index (χ3n) is 0.553. The Labute approximate surface area is 58.2 Å². The summed E-state index contributed by atoms with van der Waals surface area (Å²) in [4.78, 5) is 0. The first-order valence-corrected chi connectivity index (χ1v) is 3.31. The smallest absolute Gasteiger partial charge is 0.0463 e. The number of hydrogen-bond acceptors (Lipinski definition) is 2. The topological polar surface area (TPSA) is 18.5 Å². The van der Waals surface area contributed by atoms with E-state index in [1.165, 1.54) is 0 Å². The molecule has 0 rings (SSSR count).